The van der Waals surface area contributed by atoms with E-state index in [0.717, 1.165) is 0 Å². The number of hydrogen-bond acceptors (Lipinski definition) is 6. The number of esters is 1. The Balaban J connectivity index is 2.53. The number of hydrogen-bond donors (Lipinski definition) is 2. The van der Waals surface area contributed by atoms with Gasteiger partial charge in [0.2, 0.25) is 5.78 Å². The minimum atomic E-state index is -0.959. The van der Waals surface area contributed by atoms with Crippen LogP contribution in [-0.4, -0.2) is 36.2 Å². The molecule has 0 atom stereocenters. The molecule has 2 aromatic rings. The zero-order chi connectivity index (χ0) is 20.5. The maximum atomic E-state index is 13.1. The molecule has 0 aliphatic rings. The Labute approximate surface area is 162 Å². The number of amides is 1. The minimum Gasteiger partial charge on any atom is -0.506 e. The lowest BCUT2D eigenvalue weighted by molar-refractivity contribution is -0.138. The first-order chi connectivity index (χ1) is 13.5. The molecule has 0 saturated heterocycles. The molecule has 0 radical (unpaired) electrons. The van der Waals surface area contributed by atoms with Crippen LogP contribution in [0.25, 0.3) is 5.76 Å². The number of ether oxygens (including phenoxy) is 2. The molecule has 2 N–H and O–H groups in total. The number of carbonyl (C=O) groups excluding carboxylic acids is 3. The van der Waals surface area contributed by atoms with Crippen LogP contribution >= 0.6 is 0 Å². The summed E-state index contributed by atoms with van der Waals surface area (Å²) in [6.45, 7) is 3.43. The molecule has 0 aliphatic heterocycles. The number of para-hydroxylation sites is 1. The Bertz CT molecular complexity index is 889. The maximum absolute atomic E-state index is 13.1. The summed E-state index contributed by atoms with van der Waals surface area (Å²) < 4.78 is 9.79. The van der Waals surface area contributed by atoms with E-state index in [0.29, 0.717) is 0 Å². The predicted molar refractivity (Wildman–Crippen MR) is 104 cm³/mol. The highest BCUT2D eigenvalue weighted by molar-refractivity contribution is 6.29. The molecule has 0 heterocycles. The van der Waals surface area contributed by atoms with Crippen LogP contribution in [0, 0.1) is 0 Å². The van der Waals surface area contributed by atoms with Crippen molar-refractivity contribution >= 4 is 29.3 Å². The van der Waals surface area contributed by atoms with E-state index < -0.39 is 29.2 Å². The Hall–Kier alpha value is -3.61. The van der Waals surface area contributed by atoms with Gasteiger partial charge in [-0.05, 0) is 26.0 Å². The van der Waals surface area contributed by atoms with Gasteiger partial charge in [-0.3, -0.25) is 10.1 Å². The molecule has 7 nitrogen and oxygen atoms in total. The maximum Gasteiger partial charge on any atom is 0.411 e. The van der Waals surface area contributed by atoms with E-state index in [1.54, 1.807) is 56.3 Å². The van der Waals surface area contributed by atoms with Gasteiger partial charge >= 0.3 is 12.1 Å². The number of aliphatic hydroxyl groups excluding tert-OH is 1. The van der Waals surface area contributed by atoms with E-state index in [9.17, 15) is 19.5 Å². The van der Waals surface area contributed by atoms with E-state index in [-0.39, 0.29) is 30.0 Å². The molecule has 7 heteroatoms. The van der Waals surface area contributed by atoms with Crippen molar-refractivity contribution in [2.75, 3.05) is 18.5 Å². The third kappa shape index (κ3) is 4.97. The number of ketones is 1. The van der Waals surface area contributed by atoms with E-state index in [1.165, 1.54) is 12.1 Å². The van der Waals surface area contributed by atoms with Gasteiger partial charge in [-0.25, -0.2) is 9.59 Å². The first-order valence-corrected chi connectivity index (χ1v) is 8.72. The van der Waals surface area contributed by atoms with E-state index >= 15 is 0 Å². The van der Waals surface area contributed by atoms with Crippen molar-refractivity contribution in [3.63, 3.8) is 0 Å². The summed E-state index contributed by atoms with van der Waals surface area (Å²) in [4.78, 5) is 37.3. The molecule has 146 valence electrons. The van der Waals surface area contributed by atoms with Crippen LogP contribution in [-0.2, 0) is 14.3 Å². The van der Waals surface area contributed by atoms with Gasteiger partial charge in [-0.2, -0.15) is 0 Å². The van der Waals surface area contributed by atoms with Gasteiger partial charge in [0.05, 0.1) is 18.9 Å². The zero-order valence-electron chi connectivity index (χ0n) is 15.6. The standard InChI is InChI=1S/C21H21NO6/c1-3-27-20(25)17(18(23)14-10-6-5-7-11-14)19(24)15-12-8-9-13-16(15)22-21(26)28-4-2/h5-13,23H,3-4H2,1-2H3,(H,22,26)/b18-17-. The number of nitrogens with one attached hydrogen (secondary N) is 1. The Morgan fingerprint density at radius 2 is 1.50 bits per heavy atom. The number of carbonyl (C=O) groups is 3. The Morgan fingerprint density at radius 1 is 0.893 bits per heavy atom. The van der Waals surface area contributed by atoms with Crippen molar-refractivity contribution < 1.29 is 29.0 Å². The van der Waals surface area contributed by atoms with E-state index in [1.807, 2.05) is 0 Å². The molecule has 0 fully saturated rings. The van der Waals surface area contributed by atoms with Gasteiger partial charge < -0.3 is 14.6 Å². The van der Waals surface area contributed by atoms with Crippen LogP contribution in [0.4, 0.5) is 10.5 Å². The molecule has 0 spiro atoms. The van der Waals surface area contributed by atoms with Crippen molar-refractivity contribution in [3.05, 3.63) is 71.3 Å². The summed E-state index contributed by atoms with van der Waals surface area (Å²) in [6.07, 6.45) is -0.739. The molecule has 0 aromatic heterocycles. The quantitative estimate of drug-likeness (QED) is 0.187. The van der Waals surface area contributed by atoms with Gasteiger partial charge in [0.25, 0.3) is 0 Å². The average Bonchev–Trinajstić information content (AvgIpc) is 2.69. The normalized spacial score (nSPS) is 11.2. The average molecular weight is 383 g/mol. The van der Waals surface area contributed by atoms with Crippen molar-refractivity contribution in [3.8, 4) is 0 Å². The summed E-state index contributed by atoms with van der Waals surface area (Å²) in [5.41, 5.74) is -0.0735. The second kappa shape index (κ2) is 9.91. The van der Waals surface area contributed by atoms with Crippen molar-refractivity contribution in [1.29, 1.82) is 0 Å². The fourth-order valence-corrected chi connectivity index (χ4v) is 2.44. The molecule has 1 amide bonds. The Kier molecular flexibility index (Phi) is 7.33. The van der Waals surface area contributed by atoms with Gasteiger partial charge in [-0.1, -0.05) is 42.5 Å². The largest absolute Gasteiger partial charge is 0.506 e. The number of anilines is 1. The summed E-state index contributed by atoms with van der Waals surface area (Å²) in [6, 6.07) is 14.3. The van der Waals surface area contributed by atoms with Crippen molar-refractivity contribution in [2.45, 2.75) is 13.8 Å². The SMILES string of the molecule is CCOC(=O)Nc1ccccc1C(=O)/C(C(=O)OCC)=C(/O)c1ccccc1. The van der Waals surface area contributed by atoms with Crippen LogP contribution in [0.3, 0.4) is 0 Å². The predicted octanol–water partition coefficient (Wildman–Crippen LogP) is 3.97. The lowest BCUT2D eigenvalue weighted by Crippen LogP contribution is -2.21. The van der Waals surface area contributed by atoms with Gasteiger partial charge in [0.15, 0.2) is 0 Å². The molecule has 0 saturated carbocycles. The van der Waals surface area contributed by atoms with E-state index in [2.05, 4.69) is 5.32 Å². The third-order valence-electron chi connectivity index (χ3n) is 3.67. The summed E-state index contributed by atoms with van der Waals surface area (Å²) in [7, 11) is 0. The van der Waals surface area contributed by atoms with Crippen LogP contribution in [0.5, 0.6) is 0 Å². The van der Waals surface area contributed by atoms with Crippen molar-refractivity contribution in [1.82, 2.24) is 0 Å². The second-order valence-corrected chi connectivity index (χ2v) is 5.53. The fourth-order valence-electron chi connectivity index (χ4n) is 2.44. The first-order valence-electron chi connectivity index (χ1n) is 8.72. The summed E-state index contributed by atoms with van der Waals surface area (Å²) in [5.74, 6) is -2.25. The molecule has 0 bridgehead atoms. The lowest BCUT2D eigenvalue weighted by atomic mass is 9.98. The number of aliphatic hydroxyl groups is 1. The molecular weight excluding hydrogens is 362 g/mol. The smallest absolute Gasteiger partial charge is 0.411 e. The van der Waals surface area contributed by atoms with Crippen LogP contribution in [0.1, 0.15) is 29.8 Å². The Morgan fingerprint density at radius 3 is 2.14 bits per heavy atom. The molecule has 0 unspecified atom stereocenters. The third-order valence-corrected chi connectivity index (χ3v) is 3.67. The monoisotopic (exact) mass is 383 g/mol. The highest BCUT2D eigenvalue weighted by Gasteiger charge is 2.28. The van der Waals surface area contributed by atoms with Crippen LogP contribution < -0.4 is 5.32 Å². The molecule has 2 aromatic carbocycles. The minimum absolute atomic E-state index is 0.0149. The molecular formula is C21H21NO6. The highest BCUT2D eigenvalue weighted by Crippen LogP contribution is 2.25. The molecule has 2 rings (SSSR count). The molecule has 28 heavy (non-hydrogen) atoms. The second-order valence-electron chi connectivity index (χ2n) is 5.53. The van der Waals surface area contributed by atoms with Crippen molar-refractivity contribution in [2.24, 2.45) is 0 Å². The van der Waals surface area contributed by atoms with Gasteiger partial charge in [0, 0.05) is 11.1 Å². The van der Waals surface area contributed by atoms with Crippen LogP contribution in [0.2, 0.25) is 0 Å². The lowest BCUT2D eigenvalue weighted by Gasteiger charge is -2.13. The first kappa shape index (κ1) is 20.7. The number of Topliss-reactive ketones (excluding diaryl/α,β-unsaturated/α-hetero) is 1. The highest BCUT2D eigenvalue weighted by atomic mass is 16.5. The fraction of sp³-hybridized carbons (Fsp3) is 0.190. The zero-order valence-corrected chi connectivity index (χ0v) is 15.6. The van der Waals surface area contributed by atoms with Crippen LogP contribution in [0.15, 0.2) is 60.2 Å². The summed E-state index contributed by atoms with van der Waals surface area (Å²) >= 11 is 0. The summed E-state index contributed by atoms with van der Waals surface area (Å²) in [5, 5.41) is 13.1. The number of rotatable bonds is 7. The molecule has 0 aliphatic carbocycles. The van der Waals surface area contributed by atoms with E-state index in [4.69, 9.17) is 9.47 Å². The number of benzene rings is 2. The van der Waals surface area contributed by atoms with Gasteiger partial charge in [-0.15, -0.1) is 0 Å². The topological polar surface area (TPSA) is 102 Å². The van der Waals surface area contributed by atoms with Gasteiger partial charge in [0.1, 0.15) is 11.3 Å².